The number of anilines is 2. The van der Waals surface area contributed by atoms with Crippen molar-refractivity contribution in [1.82, 2.24) is 4.90 Å². The molecule has 3 aliphatic rings. The molecule has 9 heteroatoms. The minimum absolute atomic E-state index is 0.0490. The van der Waals surface area contributed by atoms with Crippen molar-refractivity contribution in [2.75, 3.05) is 29.5 Å². The highest BCUT2D eigenvalue weighted by Crippen LogP contribution is 2.46. The zero-order valence-corrected chi connectivity index (χ0v) is 23.5. The van der Waals surface area contributed by atoms with Crippen LogP contribution in [0, 0.1) is 5.92 Å². The number of piperidine rings is 1. The molecule has 3 amide bonds. The smallest absolute Gasteiger partial charge is 0.264 e. The van der Waals surface area contributed by atoms with Crippen molar-refractivity contribution in [2.45, 2.75) is 63.6 Å². The van der Waals surface area contributed by atoms with Gasteiger partial charge in [0.1, 0.15) is 0 Å². The van der Waals surface area contributed by atoms with Gasteiger partial charge < -0.3 is 24.9 Å². The molecule has 0 spiro atoms. The fourth-order valence-corrected chi connectivity index (χ4v) is 6.27. The van der Waals surface area contributed by atoms with Gasteiger partial charge in [-0.3, -0.25) is 14.4 Å². The molecule has 0 bridgehead atoms. The number of halogens is 1. The average molecular weight is 566 g/mol. The van der Waals surface area contributed by atoms with Crippen LogP contribution in [0.15, 0.2) is 54.6 Å². The summed E-state index contributed by atoms with van der Waals surface area (Å²) < 4.78 is 0. The van der Waals surface area contributed by atoms with Crippen molar-refractivity contribution >= 4 is 40.7 Å². The lowest BCUT2D eigenvalue weighted by molar-refractivity contribution is -0.139. The number of hydrogen-bond donors (Lipinski definition) is 2. The number of benzene rings is 2. The number of carbonyl (C=O) groups excluding carboxylic acids is 3. The minimum atomic E-state index is -1.85. The minimum Gasteiger partial charge on any atom is -0.394 e. The standard InChI is InChI=1S/C31H36ClN3O5/c1-21(6-4-9-29(38)34-17-5-7-25(34)20-36)31(40)26-18-23(32)12-15-27(26)35(30(31)39)19-22-10-13-24(14-11-22)33-16-3-2-8-28(33)37/h4,6,10-15,18,21,25,36,40H,2-3,5,7-9,16-17,19-20H2,1H3/b6-4+/t21-,25+,31+/m1/s1. The van der Waals surface area contributed by atoms with Gasteiger partial charge in [-0.1, -0.05) is 42.8 Å². The van der Waals surface area contributed by atoms with Gasteiger partial charge in [-0.05, 0) is 61.6 Å². The van der Waals surface area contributed by atoms with Gasteiger partial charge in [0.2, 0.25) is 11.8 Å². The maximum atomic E-state index is 13.8. The molecule has 0 aliphatic carbocycles. The molecule has 0 aromatic heterocycles. The average Bonchev–Trinajstić information content (AvgIpc) is 3.52. The van der Waals surface area contributed by atoms with Crippen molar-refractivity contribution in [3.05, 3.63) is 70.8 Å². The van der Waals surface area contributed by atoms with Gasteiger partial charge in [-0.2, -0.15) is 0 Å². The second kappa shape index (κ2) is 11.7. The number of likely N-dealkylation sites (tertiary alicyclic amines) is 1. The molecule has 2 aromatic rings. The van der Waals surface area contributed by atoms with Gasteiger partial charge in [0, 0.05) is 48.1 Å². The van der Waals surface area contributed by atoms with Crippen LogP contribution in [0.2, 0.25) is 5.02 Å². The fourth-order valence-electron chi connectivity index (χ4n) is 6.10. The predicted octanol–water partition coefficient (Wildman–Crippen LogP) is 4.16. The summed E-state index contributed by atoms with van der Waals surface area (Å²) >= 11 is 6.30. The van der Waals surface area contributed by atoms with Crippen LogP contribution < -0.4 is 9.80 Å². The number of aliphatic hydroxyl groups is 2. The van der Waals surface area contributed by atoms with Crippen LogP contribution in [0.4, 0.5) is 11.4 Å². The van der Waals surface area contributed by atoms with Crippen LogP contribution in [0.25, 0.3) is 0 Å². The zero-order chi connectivity index (χ0) is 28.4. The van der Waals surface area contributed by atoms with Crippen LogP contribution in [0.3, 0.4) is 0 Å². The van der Waals surface area contributed by atoms with Gasteiger partial charge in [-0.15, -0.1) is 0 Å². The van der Waals surface area contributed by atoms with E-state index in [4.69, 9.17) is 11.6 Å². The lowest BCUT2D eigenvalue weighted by atomic mass is 9.83. The highest BCUT2D eigenvalue weighted by atomic mass is 35.5. The van der Waals surface area contributed by atoms with E-state index in [2.05, 4.69) is 0 Å². The Bertz CT molecular complexity index is 1310. The lowest BCUT2D eigenvalue weighted by Gasteiger charge is -2.28. The number of carbonyl (C=O) groups is 3. The van der Waals surface area contributed by atoms with Crippen LogP contribution in [0.5, 0.6) is 0 Å². The molecule has 3 heterocycles. The van der Waals surface area contributed by atoms with Gasteiger partial charge in [0.25, 0.3) is 5.91 Å². The molecule has 2 saturated heterocycles. The van der Waals surface area contributed by atoms with Crippen molar-refractivity contribution < 1.29 is 24.6 Å². The van der Waals surface area contributed by atoms with E-state index in [0.717, 1.165) is 36.9 Å². The first-order valence-electron chi connectivity index (χ1n) is 14.0. The Morgan fingerprint density at radius 3 is 2.62 bits per heavy atom. The molecule has 3 atom stereocenters. The third kappa shape index (κ3) is 5.28. The number of nitrogens with zero attached hydrogens (tertiary/aromatic N) is 3. The Hall–Kier alpha value is -3.20. The summed E-state index contributed by atoms with van der Waals surface area (Å²) in [4.78, 5) is 43.9. The quantitative estimate of drug-likeness (QED) is 0.468. The molecule has 2 aromatic carbocycles. The summed E-state index contributed by atoms with van der Waals surface area (Å²) in [5.41, 5.74) is 0.888. The highest BCUT2D eigenvalue weighted by molar-refractivity contribution is 6.31. The second-order valence-electron chi connectivity index (χ2n) is 11.0. The summed E-state index contributed by atoms with van der Waals surface area (Å²) in [6.07, 6.45) is 7.66. The second-order valence-corrected chi connectivity index (χ2v) is 11.4. The normalized spacial score (nSPS) is 23.8. The van der Waals surface area contributed by atoms with Gasteiger partial charge in [0.05, 0.1) is 24.9 Å². The molecule has 212 valence electrons. The molecule has 5 rings (SSSR count). The molecule has 8 nitrogen and oxygen atoms in total. The summed E-state index contributed by atoms with van der Waals surface area (Å²) in [6.45, 7) is 3.29. The number of rotatable bonds is 8. The monoisotopic (exact) mass is 565 g/mol. The van der Waals surface area contributed by atoms with Crippen LogP contribution in [0.1, 0.15) is 56.6 Å². The van der Waals surface area contributed by atoms with Gasteiger partial charge in [0.15, 0.2) is 5.60 Å². The topological polar surface area (TPSA) is 101 Å². The molecule has 0 unspecified atom stereocenters. The first-order valence-corrected chi connectivity index (χ1v) is 14.4. The maximum absolute atomic E-state index is 13.8. The molecule has 3 aliphatic heterocycles. The highest BCUT2D eigenvalue weighted by Gasteiger charge is 2.52. The van der Waals surface area contributed by atoms with Crippen LogP contribution in [-0.4, -0.2) is 58.6 Å². The fraction of sp³-hybridized carbons (Fsp3) is 0.452. The molecule has 2 N–H and O–H groups in total. The van der Waals surface area contributed by atoms with E-state index >= 15 is 0 Å². The van der Waals surface area contributed by atoms with E-state index in [-0.39, 0.29) is 37.4 Å². The van der Waals surface area contributed by atoms with Crippen molar-refractivity contribution in [1.29, 1.82) is 0 Å². The summed E-state index contributed by atoms with van der Waals surface area (Å²) in [5.74, 6) is -1.04. The number of fused-ring (bicyclic) bond motifs is 1. The van der Waals surface area contributed by atoms with E-state index in [0.29, 0.717) is 35.8 Å². The van der Waals surface area contributed by atoms with E-state index in [1.54, 1.807) is 52.0 Å². The van der Waals surface area contributed by atoms with E-state index in [1.165, 1.54) is 0 Å². The van der Waals surface area contributed by atoms with Gasteiger partial charge >= 0.3 is 0 Å². The Balaban J connectivity index is 1.33. The molecular formula is C31H36ClN3O5. The number of amides is 3. The third-order valence-corrected chi connectivity index (χ3v) is 8.66. The van der Waals surface area contributed by atoms with E-state index in [9.17, 15) is 24.6 Å². The van der Waals surface area contributed by atoms with Crippen molar-refractivity contribution in [3.8, 4) is 0 Å². The van der Waals surface area contributed by atoms with Crippen LogP contribution in [-0.2, 0) is 26.5 Å². The molecule has 0 radical (unpaired) electrons. The molecule has 40 heavy (non-hydrogen) atoms. The van der Waals surface area contributed by atoms with Crippen molar-refractivity contribution in [2.24, 2.45) is 5.92 Å². The Labute approximate surface area is 239 Å². The SMILES string of the molecule is C[C@H](/C=C/CC(=O)N1CCC[C@H]1CO)[C@@]1(O)C(=O)N(Cc2ccc(N3CCCCC3=O)cc2)c2ccc(Cl)cc21. The summed E-state index contributed by atoms with van der Waals surface area (Å²) in [6, 6.07) is 12.5. The Morgan fingerprint density at radius 2 is 1.90 bits per heavy atom. The van der Waals surface area contributed by atoms with E-state index < -0.39 is 17.4 Å². The first kappa shape index (κ1) is 28.3. The van der Waals surface area contributed by atoms with Crippen LogP contribution >= 0.6 is 11.6 Å². The van der Waals surface area contributed by atoms with Crippen molar-refractivity contribution in [3.63, 3.8) is 0 Å². The molecule has 2 fully saturated rings. The number of hydrogen-bond acceptors (Lipinski definition) is 5. The first-order chi connectivity index (χ1) is 19.2. The molecular weight excluding hydrogens is 530 g/mol. The number of aliphatic hydroxyl groups excluding tert-OH is 1. The summed E-state index contributed by atoms with van der Waals surface area (Å²) in [5, 5.41) is 21.8. The largest absolute Gasteiger partial charge is 0.394 e. The summed E-state index contributed by atoms with van der Waals surface area (Å²) in [7, 11) is 0. The maximum Gasteiger partial charge on any atom is 0.264 e. The predicted molar refractivity (Wildman–Crippen MR) is 154 cm³/mol. The Morgan fingerprint density at radius 1 is 1.12 bits per heavy atom. The zero-order valence-electron chi connectivity index (χ0n) is 22.8. The lowest BCUT2D eigenvalue weighted by Crippen LogP contribution is -2.44. The van der Waals surface area contributed by atoms with E-state index in [1.807, 2.05) is 24.3 Å². The molecule has 0 saturated carbocycles. The van der Waals surface area contributed by atoms with Gasteiger partial charge in [-0.25, -0.2) is 0 Å². The Kier molecular flexibility index (Phi) is 8.31. The third-order valence-electron chi connectivity index (χ3n) is 8.43.